The Balaban J connectivity index is 2.00. The van der Waals surface area contributed by atoms with Gasteiger partial charge in [-0.1, -0.05) is 27.2 Å². The third-order valence-electron chi connectivity index (χ3n) is 5.58. The van der Waals surface area contributed by atoms with Crippen molar-refractivity contribution >= 4 is 5.91 Å². The molecule has 2 rings (SSSR count). The number of nitrogens with two attached hydrogens (primary N) is 1. The zero-order valence-electron chi connectivity index (χ0n) is 12.8. The van der Waals surface area contributed by atoms with Gasteiger partial charge in [-0.05, 0) is 49.9 Å². The van der Waals surface area contributed by atoms with E-state index in [2.05, 4.69) is 26.1 Å². The van der Waals surface area contributed by atoms with E-state index in [4.69, 9.17) is 5.73 Å². The number of nitrogens with one attached hydrogen (secondary N) is 1. The number of carbonyl (C=O) groups is 1. The highest BCUT2D eigenvalue weighted by atomic mass is 16.2. The van der Waals surface area contributed by atoms with Crippen LogP contribution in [0.2, 0.25) is 0 Å². The molecule has 1 unspecified atom stereocenters. The zero-order valence-corrected chi connectivity index (χ0v) is 12.8. The number of rotatable bonds is 3. The van der Waals surface area contributed by atoms with Crippen molar-refractivity contribution in [2.45, 2.75) is 71.3 Å². The van der Waals surface area contributed by atoms with Crippen LogP contribution < -0.4 is 11.1 Å². The third-order valence-corrected chi connectivity index (χ3v) is 5.58. The summed E-state index contributed by atoms with van der Waals surface area (Å²) in [6.45, 7) is 7.32. The standard InChI is InChI=1S/C16H30N2O/c1-12-6-9-16(11-17,10-7-12)18-14(19)13-5-4-8-15(13,2)3/h12-13H,4-11,17H2,1-3H3,(H,18,19). The molecule has 2 fully saturated rings. The maximum absolute atomic E-state index is 12.6. The number of hydrogen-bond donors (Lipinski definition) is 2. The van der Waals surface area contributed by atoms with Crippen molar-refractivity contribution in [3.8, 4) is 0 Å². The van der Waals surface area contributed by atoms with Crippen LogP contribution in [0, 0.1) is 17.3 Å². The summed E-state index contributed by atoms with van der Waals surface area (Å²) in [5, 5.41) is 3.34. The lowest BCUT2D eigenvalue weighted by molar-refractivity contribution is -0.130. The van der Waals surface area contributed by atoms with Crippen molar-refractivity contribution in [2.24, 2.45) is 23.0 Å². The molecule has 110 valence electrons. The molecule has 2 aliphatic rings. The summed E-state index contributed by atoms with van der Waals surface area (Å²) in [7, 11) is 0. The topological polar surface area (TPSA) is 55.1 Å². The second-order valence-corrected chi connectivity index (χ2v) is 7.59. The molecule has 3 N–H and O–H groups in total. The summed E-state index contributed by atoms with van der Waals surface area (Å²) < 4.78 is 0. The van der Waals surface area contributed by atoms with Gasteiger partial charge in [0.05, 0.1) is 5.54 Å². The van der Waals surface area contributed by atoms with Crippen LogP contribution in [0.4, 0.5) is 0 Å². The van der Waals surface area contributed by atoms with Gasteiger partial charge < -0.3 is 11.1 Å². The third kappa shape index (κ3) is 3.13. The van der Waals surface area contributed by atoms with E-state index in [0.29, 0.717) is 6.54 Å². The molecule has 0 spiro atoms. The molecule has 0 aliphatic heterocycles. The average Bonchev–Trinajstić information content (AvgIpc) is 2.72. The van der Waals surface area contributed by atoms with E-state index in [1.165, 1.54) is 19.3 Å². The van der Waals surface area contributed by atoms with Crippen LogP contribution >= 0.6 is 0 Å². The molecule has 19 heavy (non-hydrogen) atoms. The van der Waals surface area contributed by atoms with E-state index >= 15 is 0 Å². The van der Waals surface area contributed by atoms with Gasteiger partial charge in [0.15, 0.2) is 0 Å². The second kappa shape index (κ2) is 5.43. The Bertz CT molecular complexity index is 330. The van der Waals surface area contributed by atoms with Crippen molar-refractivity contribution in [2.75, 3.05) is 6.54 Å². The Kier molecular flexibility index (Phi) is 4.24. The van der Waals surface area contributed by atoms with Crippen molar-refractivity contribution in [3.63, 3.8) is 0 Å². The molecule has 0 saturated heterocycles. The highest BCUT2D eigenvalue weighted by Gasteiger charge is 2.42. The van der Waals surface area contributed by atoms with E-state index in [1.54, 1.807) is 0 Å². The number of amides is 1. The van der Waals surface area contributed by atoms with Crippen molar-refractivity contribution in [1.82, 2.24) is 5.32 Å². The molecule has 0 radical (unpaired) electrons. The molecule has 3 nitrogen and oxygen atoms in total. The molecule has 0 bridgehead atoms. The summed E-state index contributed by atoms with van der Waals surface area (Å²) in [4.78, 5) is 12.6. The van der Waals surface area contributed by atoms with Crippen molar-refractivity contribution < 1.29 is 4.79 Å². The Morgan fingerprint density at radius 3 is 2.32 bits per heavy atom. The fourth-order valence-corrected chi connectivity index (χ4v) is 3.86. The van der Waals surface area contributed by atoms with Gasteiger partial charge in [-0.15, -0.1) is 0 Å². The van der Waals surface area contributed by atoms with Crippen LogP contribution in [0.3, 0.4) is 0 Å². The van der Waals surface area contributed by atoms with Gasteiger partial charge in [-0.3, -0.25) is 4.79 Å². The lowest BCUT2D eigenvalue weighted by Crippen LogP contribution is -2.57. The van der Waals surface area contributed by atoms with E-state index in [1.807, 2.05) is 0 Å². The van der Waals surface area contributed by atoms with Crippen molar-refractivity contribution in [3.05, 3.63) is 0 Å². The first-order valence-corrected chi connectivity index (χ1v) is 7.91. The molecule has 0 aromatic carbocycles. The van der Waals surface area contributed by atoms with Crippen LogP contribution in [0.15, 0.2) is 0 Å². The van der Waals surface area contributed by atoms with Gasteiger partial charge >= 0.3 is 0 Å². The number of carbonyl (C=O) groups excluding carboxylic acids is 1. The molecule has 2 saturated carbocycles. The predicted octanol–water partition coefficient (Wildman–Crippen LogP) is 2.84. The monoisotopic (exact) mass is 266 g/mol. The second-order valence-electron chi connectivity index (χ2n) is 7.59. The lowest BCUT2D eigenvalue weighted by atomic mass is 9.75. The van der Waals surface area contributed by atoms with E-state index in [0.717, 1.165) is 31.6 Å². The Hall–Kier alpha value is -0.570. The Morgan fingerprint density at radius 1 is 1.21 bits per heavy atom. The summed E-state index contributed by atoms with van der Waals surface area (Å²) in [5.41, 5.74) is 6.02. The minimum absolute atomic E-state index is 0.123. The van der Waals surface area contributed by atoms with Gasteiger partial charge in [0.25, 0.3) is 0 Å². The summed E-state index contributed by atoms with van der Waals surface area (Å²) in [5.74, 6) is 1.21. The largest absolute Gasteiger partial charge is 0.349 e. The fourth-order valence-electron chi connectivity index (χ4n) is 3.86. The summed E-state index contributed by atoms with van der Waals surface area (Å²) in [6, 6.07) is 0. The highest BCUT2D eigenvalue weighted by molar-refractivity contribution is 5.80. The van der Waals surface area contributed by atoms with Crippen LogP contribution in [-0.2, 0) is 4.79 Å². The molecule has 1 atom stereocenters. The molecular weight excluding hydrogens is 236 g/mol. The average molecular weight is 266 g/mol. The maximum Gasteiger partial charge on any atom is 0.224 e. The SMILES string of the molecule is CC1CCC(CN)(NC(=O)C2CCCC2(C)C)CC1. The fraction of sp³-hybridized carbons (Fsp3) is 0.938. The van der Waals surface area contributed by atoms with Gasteiger partial charge in [0.2, 0.25) is 5.91 Å². The molecule has 0 aromatic rings. The van der Waals surface area contributed by atoms with E-state index < -0.39 is 0 Å². The molecule has 0 aromatic heterocycles. The molecule has 0 heterocycles. The Morgan fingerprint density at radius 2 is 1.84 bits per heavy atom. The van der Waals surface area contributed by atoms with Crippen LogP contribution in [0.1, 0.15) is 65.7 Å². The van der Waals surface area contributed by atoms with Gasteiger partial charge in [0, 0.05) is 12.5 Å². The minimum Gasteiger partial charge on any atom is -0.349 e. The molecule has 2 aliphatic carbocycles. The van der Waals surface area contributed by atoms with Gasteiger partial charge in [0.1, 0.15) is 0 Å². The quantitative estimate of drug-likeness (QED) is 0.825. The summed E-state index contributed by atoms with van der Waals surface area (Å²) in [6.07, 6.45) is 7.84. The zero-order chi connectivity index (χ0) is 14.1. The minimum atomic E-state index is -0.123. The first-order chi connectivity index (χ1) is 8.88. The molecule has 1 amide bonds. The molecular formula is C16H30N2O. The van der Waals surface area contributed by atoms with Crippen molar-refractivity contribution in [1.29, 1.82) is 0 Å². The Labute approximate surface area is 117 Å². The van der Waals surface area contributed by atoms with Crippen LogP contribution in [-0.4, -0.2) is 18.0 Å². The predicted molar refractivity (Wildman–Crippen MR) is 78.7 cm³/mol. The number of hydrogen-bond acceptors (Lipinski definition) is 2. The lowest BCUT2D eigenvalue weighted by Gasteiger charge is -2.41. The van der Waals surface area contributed by atoms with Crippen LogP contribution in [0.5, 0.6) is 0 Å². The smallest absolute Gasteiger partial charge is 0.224 e. The van der Waals surface area contributed by atoms with Crippen LogP contribution in [0.25, 0.3) is 0 Å². The summed E-state index contributed by atoms with van der Waals surface area (Å²) >= 11 is 0. The maximum atomic E-state index is 12.6. The highest BCUT2D eigenvalue weighted by Crippen LogP contribution is 2.43. The first-order valence-electron chi connectivity index (χ1n) is 7.91. The van der Waals surface area contributed by atoms with Gasteiger partial charge in [-0.25, -0.2) is 0 Å². The van der Waals surface area contributed by atoms with E-state index in [-0.39, 0.29) is 22.8 Å². The van der Waals surface area contributed by atoms with E-state index in [9.17, 15) is 4.79 Å². The van der Waals surface area contributed by atoms with Gasteiger partial charge in [-0.2, -0.15) is 0 Å². The molecule has 3 heteroatoms. The first kappa shape index (κ1) is 14.8. The normalized spacial score (nSPS) is 38.1.